The van der Waals surface area contributed by atoms with Gasteiger partial charge in [0.15, 0.2) is 0 Å². The van der Waals surface area contributed by atoms with E-state index in [9.17, 15) is 20.0 Å². The lowest BCUT2D eigenvalue weighted by Crippen LogP contribution is -2.34. The second-order valence-electron chi connectivity index (χ2n) is 8.20. The van der Waals surface area contributed by atoms with Gasteiger partial charge in [-0.25, -0.2) is 0 Å². The molecule has 0 spiro atoms. The number of hydrogen-bond donors (Lipinski definition) is 2. The van der Waals surface area contributed by atoms with E-state index < -0.39 is 10.8 Å². The quantitative estimate of drug-likeness (QED) is 0.365. The first-order chi connectivity index (χ1) is 15.9. The van der Waals surface area contributed by atoms with Crippen LogP contribution in [0.1, 0.15) is 35.9 Å². The molecular weight excluding hydrogens is 446 g/mol. The van der Waals surface area contributed by atoms with Gasteiger partial charge in [-0.3, -0.25) is 14.9 Å². The number of nitrogens with one attached hydrogen (secondary N) is 1. The molecule has 1 aliphatic rings. The highest BCUT2D eigenvalue weighted by atomic mass is 35.5. The van der Waals surface area contributed by atoms with Crippen LogP contribution < -0.4 is 10.2 Å². The first-order valence-corrected chi connectivity index (χ1v) is 11.1. The molecule has 4 rings (SSSR count). The van der Waals surface area contributed by atoms with E-state index in [4.69, 9.17) is 16.0 Å². The number of rotatable bonds is 6. The van der Waals surface area contributed by atoms with Gasteiger partial charge >= 0.3 is 0 Å². The van der Waals surface area contributed by atoms with Crippen molar-refractivity contribution < 1.29 is 19.2 Å². The normalized spacial score (nSPS) is 14.3. The average Bonchev–Trinajstić information content (AvgIpc) is 3.30. The molecule has 0 atom stereocenters. The number of nitro benzene ring substituents is 1. The number of furan rings is 1. The van der Waals surface area contributed by atoms with Gasteiger partial charge < -0.3 is 19.7 Å². The van der Waals surface area contributed by atoms with Crippen molar-refractivity contribution in [1.82, 2.24) is 0 Å². The number of piperidine rings is 1. The van der Waals surface area contributed by atoms with E-state index in [1.54, 1.807) is 36.4 Å². The standard InChI is InChI=1S/C24H24ClN3O5/c1-15-8-10-27(11-9-15)22-6-3-17(28(31)32)13-19(22)24(30)26-21-12-16(2-5-20(21)25)23-7-4-18(14-29)33-23/h2-7,12-13,15,29H,8-11,14H2,1H3,(H,26,30). The molecule has 1 fully saturated rings. The van der Waals surface area contributed by atoms with E-state index in [1.807, 2.05) is 0 Å². The summed E-state index contributed by atoms with van der Waals surface area (Å²) in [4.78, 5) is 26.2. The number of carbonyl (C=O) groups excluding carboxylic acids is 1. The van der Waals surface area contributed by atoms with Crippen LogP contribution >= 0.6 is 11.6 Å². The van der Waals surface area contributed by atoms with E-state index in [-0.39, 0.29) is 17.9 Å². The Balaban J connectivity index is 1.65. The van der Waals surface area contributed by atoms with Crippen molar-refractivity contribution in [1.29, 1.82) is 0 Å². The smallest absolute Gasteiger partial charge is 0.270 e. The number of aliphatic hydroxyl groups is 1. The van der Waals surface area contributed by atoms with Crippen molar-refractivity contribution in [2.24, 2.45) is 5.92 Å². The Morgan fingerprint density at radius 2 is 1.97 bits per heavy atom. The topological polar surface area (TPSA) is 109 Å². The molecule has 8 nitrogen and oxygen atoms in total. The summed E-state index contributed by atoms with van der Waals surface area (Å²) in [5, 5.41) is 23.7. The Bertz CT molecular complexity index is 1180. The van der Waals surface area contributed by atoms with Gasteiger partial charge in [0.2, 0.25) is 0 Å². The summed E-state index contributed by atoms with van der Waals surface area (Å²) in [6, 6.07) is 12.8. The summed E-state index contributed by atoms with van der Waals surface area (Å²) in [6.07, 6.45) is 1.98. The Morgan fingerprint density at radius 1 is 1.21 bits per heavy atom. The predicted molar refractivity (Wildman–Crippen MR) is 127 cm³/mol. The number of non-ortho nitro benzene ring substituents is 1. The summed E-state index contributed by atoms with van der Waals surface area (Å²) in [7, 11) is 0. The minimum absolute atomic E-state index is 0.152. The maximum absolute atomic E-state index is 13.3. The highest BCUT2D eigenvalue weighted by Crippen LogP contribution is 2.33. The van der Waals surface area contributed by atoms with Gasteiger partial charge in [0.25, 0.3) is 11.6 Å². The van der Waals surface area contributed by atoms with Crippen LogP contribution in [0, 0.1) is 16.0 Å². The third-order valence-electron chi connectivity index (χ3n) is 5.88. The van der Waals surface area contributed by atoms with Gasteiger partial charge in [-0.2, -0.15) is 0 Å². The SMILES string of the molecule is CC1CCN(c2ccc([N+](=O)[O-])cc2C(=O)Nc2cc(-c3ccc(CO)o3)ccc2Cl)CC1. The van der Waals surface area contributed by atoms with Crippen LogP contribution in [0.3, 0.4) is 0 Å². The molecule has 2 N–H and O–H groups in total. The molecule has 1 saturated heterocycles. The van der Waals surface area contributed by atoms with Crippen LogP contribution in [-0.4, -0.2) is 29.0 Å². The van der Waals surface area contributed by atoms with Gasteiger partial charge in [-0.05, 0) is 55.2 Å². The molecule has 1 aromatic heterocycles. The molecule has 0 unspecified atom stereocenters. The van der Waals surface area contributed by atoms with Crippen LogP contribution in [-0.2, 0) is 6.61 Å². The van der Waals surface area contributed by atoms with Gasteiger partial charge in [0.05, 0.1) is 26.9 Å². The summed E-state index contributed by atoms with van der Waals surface area (Å²) < 4.78 is 5.57. The molecule has 0 saturated carbocycles. The van der Waals surface area contributed by atoms with Crippen molar-refractivity contribution >= 4 is 34.6 Å². The Morgan fingerprint density at radius 3 is 2.64 bits per heavy atom. The number of carbonyl (C=O) groups is 1. The molecule has 3 aromatic rings. The Kier molecular flexibility index (Phi) is 6.67. The van der Waals surface area contributed by atoms with E-state index >= 15 is 0 Å². The van der Waals surface area contributed by atoms with Crippen molar-refractivity contribution in [2.75, 3.05) is 23.3 Å². The summed E-state index contributed by atoms with van der Waals surface area (Å²) >= 11 is 6.33. The number of aliphatic hydroxyl groups excluding tert-OH is 1. The van der Waals surface area contributed by atoms with E-state index in [0.717, 1.165) is 25.9 Å². The van der Waals surface area contributed by atoms with Crippen LogP contribution in [0.5, 0.6) is 0 Å². The monoisotopic (exact) mass is 469 g/mol. The maximum Gasteiger partial charge on any atom is 0.270 e. The van der Waals surface area contributed by atoms with Crippen molar-refractivity contribution in [3.8, 4) is 11.3 Å². The van der Waals surface area contributed by atoms with Crippen LogP contribution in [0.2, 0.25) is 5.02 Å². The summed E-state index contributed by atoms with van der Waals surface area (Å²) in [5.41, 5.74) is 1.75. The highest BCUT2D eigenvalue weighted by molar-refractivity contribution is 6.34. The molecule has 1 amide bonds. The fourth-order valence-corrected chi connectivity index (χ4v) is 4.09. The summed E-state index contributed by atoms with van der Waals surface area (Å²) in [6.45, 7) is 3.53. The largest absolute Gasteiger partial charge is 0.459 e. The third-order valence-corrected chi connectivity index (χ3v) is 6.21. The molecule has 0 radical (unpaired) electrons. The zero-order valence-corrected chi connectivity index (χ0v) is 18.8. The van der Waals surface area contributed by atoms with Gasteiger partial charge in [-0.1, -0.05) is 18.5 Å². The molecule has 0 aliphatic carbocycles. The van der Waals surface area contributed by atoms with Crippen molar-refractivity contribution in [2.45, 2.75) is 26.4 Å². The number of amides is 1. The number of nitro groups is 1. The van der Waals surface area contributed by atoms with E-state index in [1.165, 1.54) is 12.1 Å². The highest BCUT2D eigenvalue weighted by Gasteiger charge is 2.24. The zero-order chi connectivity index (χ0) is 23.5. The first kappa shape index (κ1) is 22.8. The predicted octanol–water partition coefficient (Wildman–Crippen LogP) is 5.49. The second kappa shape index (κ2) is 9.64. The molecule has 1 aliphatic heterocycles. The van der Waals surface area contributed by atoms with Gasteiger partial charge in [-0.15, -0.1) is 0 Å². The van der Waals surface area contributed by atoms with Crippen LogP contribution in [0.15, 0.2) is 52.9 Å². The molecule has 2 aromatic carbocycles. The molecule has 9 heteroatoms. The first-order valence-electron chi connectivity index (χ1n) is 10.7. The van der Waals surface area contributed by atoms with Crippen molar-refractivity contribution in [3.63, 3.8) is 0 Å². The number of hydrogen-bond acceptors (Lipinski definition) is 6. The second-order valence-corrected chi connectivity index (χ2v) is 8.61. The summed E-state index contributed by atoms with van der Waals surface area (Å²) in [5.74, 6) is 1.06. The number of benzene rings is 2. The van der Waals surface area contributed by atoms with Gasteiger partial charge in [0.1, 0.15) is 18.1 Å². The Labute approximate surface area is 195 Å². The van der Waals surface area contributed by atoms with E-state index in [2.05, 4.69) is 17.1 Å². The number of anilines is 2. The lowest BCUT2D eigenvalue weighted by atomic mass is 9.97. The number of nitrogens with zero attached hydrogens (tertiary/aromatic N) is 2. The molecule has 172 valence electrons. The van der Waals surface area contributed by atoms with Gasteiger partial charge in [0, 0.05) is 30.8 Å². The molecule has 0 bridgehead atoms. The van der Waals surface area contributed by atoms with Crippen molar-refractivity contribution in [3.05, 3.63) is 75.0 Å². The minimum Gasteiger partial charge on any atom is -0.459 e. The third kappa shape index (κ3) is 5.02. The van der Waals surface area contributed by atoms with E-state index in [0.29, 0.717) is 39.4 Å². The van der Waals surface area contributed by atoms with Crippen LogP contribution in [0.25, 0.3) is 11.3 Å². The molecule has 33 heavy (non-hydrogen) atoms. The number of halogens is 1. The fourth-order valence-electron chi connectivity index (χ4n) is 3.93. The Hall–Kier alpha value is -3.36. The lowest BCUT2D eigenvalue weighted by Gasteiger charge is -2.33. The molecular formula is C24H24ClN3O5. The lowest BCUT2D eigenvalue weighted by molar-refractivity contribution is -0.384. The zero-order valence-electron chi connectivity index (χ0n) is 18.1. The minimum atomic E-state index is -0.512. The maximum atomic E-state index is 13.3. The average molecular weight is 470 g/mol. The van der Waals surface area contributed by atoms with Crippen LogP contribution in [0.4, 0.5) is 17.1 Å². The molecule has 2 heterocycles. The fraction of sp³-hybridized carbons (Fsp3) is 0.292.